The molecule has 0 fully saturated rings. The average Bonchev–Trinajstić information content (AvgIpc) is 3.13. The molecule has 1 aliphatic heterocycles. The summed E-state index contributed by atoms with van der Waals surface area (Å²) in [6.07, 6.45) is 2.55. The maximum Gasteiger partial charge on any atom is 0.269 e. The lowest BCUT2D eigenvalue weighted by Gasteiger charge is -2.25. The van der Waals surface area contributed by atoms with E-state index in [-0.39, 0.29) is 18.3 Å². The van der Waals surface area contributed by atoms with Crippen molar-refractivity contribution in [2.75, 3.05) is 11.9 Å². The number of rotatable bonds is 4. The molecule has 2 heterocycles. The molecule has 0 aliphatic carbocycles. The monoisotopic (exact) mass is 363 g/mol. The van der Waals surface area contributed by atoms with Crippen LogP contribution in [0.15, 0.2) is 60.9 Å². The number of ketones is 1. The minimum atomic E-state index is -0.742. The van der Waals surface area contributed by atoms with Crippen molar-refractivity contribution in [2.45, 2.75) is 6.10 Å². The summed E-state index contributed by atoms with van der Waals surface area (Å²) >= 11 is 0. The van der Waals surface area contributed by atoms with Gasteiger partial charge in [-0.15, -0.1) is 0 Å². The number of amides is 1. The number of hydrogen-bond acceptors (Lipinski definition) is 5. The van der Waals surface area contributed by atoms with Gasteiger partial charge in [-0.2, -0.15) is 0 Å². The van der Waals surface area contributed by atoms with Crippen molar-refractivity contribution < 1.29 is 19.1 Å². The highest BCUT2D eigenvalue weighted by Gasteiger charge is 2.27. The predicted octanol–water partition coefficient (Wildman–Crippen LogP) is 2.43. The van der Waals surface area contributed by atoms with E-state index in [9.17, 15) is 9.59 Å². The molecule has 136 valence electrons. The second-order valence-corrected chi connectivity index (χ2v) is 6.12. The quantitative estimate of drug-likeness (QED) is 0.720. The van der Waals surface area contributed by atoms with Gasteiger partial charge in [-0.05, 0) is 36.4 Å². The van der Waals surface area contributed by atoms with E-state index in [1.165, 1.54) is 0 Å². The molecule has 4 rings (SSSR count). The summed E-state index contributed by atoms with van der Waals surface area (Å²) < 4.78 is 12.9. The van der Waals surface area contributed by atoms with E-state index in [2.05, 4.69) is 10.3 Å². The Morgan fingerprint density at radius 1 is 1.11 bits per heavy atom. The molecule has 27 heavy (non-hydrogen) atoms. The lowest BCUT2D eigenvalue weighted by Crippen LogP contribution is -2.40. The van der Waals surface area contributed by atoms with Gasteiger partial charge in [0.1, 0.15) is 6.61 Å². The van der Waals surface area contributed by atoms with E-state index in [1.807, 2.05) is 12.1 Å². The molecule has 2 aromatic carbocycles. The first kappa shape index (κ1) is 16.8. The minimum Gasteiger partial charge on any atom is -0.485 e. The SMILES string of the molecule is Cn1ccnc1C(=O)c1ccc(NC(=O)[C@H]2COc3ccccc3O2)cc1. The van der Waals surface area contributed by atoms with Gasteiger partial charge < -0.3 is 19.4 Å². The van der Waals surface area contributed by atoms with E-state index >= 15 is 0 Å². The van der Waals surface area contributed by atoms with Gasteiger partial charge in [0.25, 0.3) is 5.91 Å². The number of anilines is 1. The van der Waals surface area contributed by atoms with Crippen LogP contribution in [0.4, 0.5) is 5.69 Å². The number of nitrogens with zero attached hydrogens (tertiary/aromatic N) is 2. The molecule has 0 radical (unpaired) electrons. The van der Waals surface area contributed by atoms with Crippen LogP contribution in [0, 0.1) is 0 Å². The summed E-state index contributed by atoms with van der Waals surface area (Å²) in [5, 5.41) is 2.78. The Balaban J connectivity index is 1.42. The van der Waals surface area contributed by atoms with Gasteiger partial charge in [-0.25, -0.2) is 4.98 Å². The molecule has 3 aromatic rings. The summed E-state index contributed by atoms with van der Waals surface area (Å²) in [5.74, 6) is 1.03. The third-order valence-corrected chi connectivity index (χ3v) is 4.24. The number of nitrogens with one attached hydrogen (secondary N) is 1. The highest BCUT2D eigenvalue weighted by molar-refractivity contribution is 6.07. The van der Waals surface area contributed by atoms with Crippen LogP contribution in [0.25, 0.3) is 0 Å². The van der Waals surface area contributed by atoms with E-state index < -0.39 is 6.10 Å². The number of ether oxygens (including phenoxy) is 2. The molecular weight excluding hydrogens is 346 g/mol. The van der Waals surface area contributed by atoms with Crippen molar-refractivity contribution in [3.63, 3.8) is 0 Å². The number of carbonyl (C=O) groups excluding carboxylic acids is 2. The summed E-state index contributed by atoms with van der Waals surface area (Å²) in [6.45, 7) is 0.137. The second kappa shape index (κ2) is 6.95. The van der Waals surface area contributed by atoms with Gasteiger partial charge >= 0.3 is 0 Å². The Hall–Kier alpha value is -3.61. The van der Waals surface area contributed by atoms with Gasteiger partial charge in [-0.1, -0.05) is 12.1 Å². The van der Waals surface area contributed by atoms with Gasteiger partial charge in [-0.3, -0.25) is 9.59 Å². The van der Waals surface area contributed by atoms with Crippen molar-refractivity contribution >= 4 is 17.4 Å². The molecule has 0 spiro atoms. The number of para-hydroxylation sites is 2. The molecule has 1 atom stereocenters. The van der Waals surface area contributed by atoms with E-state index in [0.29, 0.717) is 28.6 Å². The maximum atomic E-state index is 12.4. The molecule has 7 heteroatoms. The zero-order valence-electron chi connectivity index (χ0n) is 14.6. The zero-order chi connectivity index (χ0) is 18.8. The van der Waals surface area contributed by atoms with Gasteiger partial charge in [0, 0.05) is 30.7 Å². The van der Waals surface area contributed by atoms with Gasteiger partial charge in [0.15, 0.2) is 17.3 Å². The topological polar surface area (TPSA) is 82.5 Å². The highest BCUT2D eigenvalue weighted by Crippen LogP contribution is 2.31. The summed E-state index contributed by atoms with van der Waals surface area (Å²) in [5.41, 5.74) is 1.06. The highest BCUT2D eigenvalue weighted by atomic mass is 16.6. The normalized spacial score (nSPS) is 15.2. The van der Waals surface area contributed by atoms with E-state index in [1.54, 1.807) is 60.4 Å². The molecule has 1 aromatic heterocycles. The number of imidazole rings is 1. The minimum absolute atomic E-state index is 0.137. The van der Waals surface area contributed by atoms with Crippen LogP contribution < -0.4 is 14.8 Å². The molecule has 1 N–H and O–H groups in total. The largest absolute Gasteiger partial charge is 0.485 e. The molecule has 0 saturated carbocycles. The fourth-order valence-corrected chi connectivity index (χ4v) is 2.79. The third kappa shape index (κ3) is 3.39. The fraction of sp³-hybridized carbons (Fsp3) is 0.150. The Morgan fingerprint density at radius 2 is 1.85 bits per heavy atom. The Morgan fingerprint density at radius 3 is 2.56 bits per heavy atom. The smallest absolute Gasteiger partial charge is 0.269 e. The van der Waals surface area contributed by atoms with Crippen molar-refractivity contribution in [3.8, 4) is 11.5 Å². The van der Waals surface area contributed by atoms with Crippen molar-refractivity contribution in [2.24, 2.45) is 7.05 Å². The summed E-state index contributed by atoms with van der Waals surface area (Å²) in [7, 11) is 1.76. The lowest BCUT2D eigenvalue weighted by atomic mass is 10.1. The maximum absolute atomic E-state index is 12.4. The molecule has 7 nitrogen and oxygen atoms in total. The summed E-state index contributed by atoms with van der Waals surface area (Å²) in [6, 6.07) is 13.9. The van der Waals surface area contributed by atoms with Crippen LogP contribution in [0.3, 0.4) is 0 Å². The number of hydrogen-bond donors (Lipinski definition) is 1. The van der Waals surface area contributed by atoms with Gasteiger partial charge in [0.2, 0.25) is 11.9 Å². The Kier molecular flexibility index (Phi) is 4.33. The molecule has 1 amide bonds. The standard InChI is InChI=1S/C20H17N3O4/c1-23-11-10-21-19(23)18(24)13-6-8-14(9-7-13)22-20(25)17-12-26-15-4-2-3-5-16(15)27-17/h2-11,17H,12H2,1H3,(H,22,25)/t17-/m1/s1. The van der Waals surface area contributed by atoms with E-state index in [4.69, 9.17) is 9.47 Å². The third-order valence-electron chi connectivity index (χ3n) is 4.24. The van der Waals surface area contributed by atoms with Crippen LogP contribution in [-0.4, -0.2) is 34.0 Å². The first-order valence-electron chi connectivity index (χ1n) is 8.43. The molecular formula is C20H17N3O4. The van der Waals surface area contributed by atoms with Crippen LogP contribution in [-0.2, 0) is 11.8 Å². The fourth-order valence-electron chi connectivity index (χ4n) is 2.79. The first-order chi connectivity index (χ1) is 13.1. The average molecular weight is 363 g/mol. The van der Waals surface area contributed by atoms with Gasteiger partial charge in [0.05, 0.1) is 0 Å². The first-order valence-corrected chi connectivity index (χ1v) is 8.43. The molecule has 1 aliphatic rings. The Bertz CT molecular complexity index is 994. The van der Waals surface area contributed by atoms with E-state index in [0.717, 1.165) is 0 Å². The van der Waals surface area contributed by atoms with Crippen LogP contribution >= 0.6 is 0 Å². The van der Waals surface area contributed by atoms with Crippen molar-refractivity contribution in [3.05, 3.63) is 72.3 Å². The number of carbonyl (C=O) groups is 2. The number of aromatic nitrogens is 2. The lowest BCUT2D eigenvalue weighted by molar-refractivity contribution is -0.125. The molecule has 0 saturated heterocycles. The molecule has 0 unspecified atom stereocenters. The molecule has 0 bridgehead atoms. The van der Waals surface area contributed by atoms with Crippen molar-refractivity contribution in [1.29, 1.82) is 0 Å². The number of benzene rings is 2. The summed E-state index contributed by atoms with van der Waals surface area (Å²) in [4.78, 5) is 28.9. The number of fused-ring (bicyclic) bond motifs is 1. The van der Waals surface area contributed by atoms with Crippen LogP contribution in [0.2, 0.25) is 0 Å². The second-order valence-electron chi connectivity index (χ2n) is 6.12. The zero-order valence-corrected chi connectivity index (χ0v) is 14.6. The van der Waals surface area contributed by atoms with Crippen LogP contribution in [0.5, 0.6) is 11.5 Å². The Labute approximate surface area is 155 Å². The number of aryl methyl sites for hydroxylation is 1. The van der Waals surface area contributed by atoms with Crippen LogP contribution in [0.1, 0.15) is 16.2 Å². The van der Waals surface area contributed by atoms with Crippen molar-refractivity contribution in [1.82, 2.24) is 9.55 Å². The predicted molar refractivity (Wildman–Crippen MR) is 98.1 cm³/mol.